The zero-order valence-corrected chi connectivity index (χ0v) is 18.0. The monoisotopic (exact) mass is 433 g/mol. The summed E-state index contributed by atoms with van der Waals surface area (Å²) in [6.07, 6.45) is 3.48. The van der Waals surface area contributed by atoms with Crippen molar-refractivity contribution < 1.29 is 9.90 Å². The molecule has 1 aliphatic rings. The molecule has 0 aliphatic heterocycles. The summed E-state index contributed by atoms with van der Waals surface area (Å²) >= 11 is 1.40. The van der Waals surface area contributed by atoms with E-state index in [-0.39, 0.29) is 11.9 Å². The number of hydrogen-bond acceptors (Lipinski definition) is 7. The van der Waals surface area contributed by atoms with Crippen LogP contribution >= 0.6 is 11.3 Å². The highest BCUT2D eigenvalue weighted by Gasteiger charge is 2.33. The molecule has 1 saturated carbocycles. The van der Waals surface area contributed by atoms with Gasteiger partial charge in [0.15, 0.2) is 0 Å². The van der Waals surface area contributed by atoms with E-state index in [1.165, 1.54) is 11.3 Å². The molecule has 4 rings (SSSR count). The number of carbonyl (C=O) groups excluding carboxylic acids is 1. The van der Waals surface area contributed by atoms with Crippen LogP contribution in [-0.2, 0) is 0 Å². The minimum absolute atomic E-state index is 0.0173. The Morgan fingerprint density at radius 1 is 1.35 bits per heavy atom. The molecule has 1 atom stereocenters. The number of benzene rings is 1. The number of rotatable bonds is 8. The molecule has 0 saturated heterocycles. The lowest BCUT2D eigenvalue weighted by molar-refractivity contribution is 0.0751. The van der Waals surface area contributed by atoms with Gasteiger partial charge in [-0.1, -0.05) is 12.1 Å². The van der Waals surface area contributed by atoms with Crippen molar-refractivity contribution in [3.8, 4) is 16.6 Å². The molecule has 3 aromatic rings. The Bertz CT molecular complexity index is 1120. The van der Waals surface area contributed by atoms with Crippen molar-refractivity contribution in [2.45, 2.75) is 38.3 Å². The fraction of sp³-hybridized carbons (Fsp3) is 0.304. The quantitative estimate of drug-likeness (QED) is 0.541. The first-order chi connectivity index (χ1) is 15.0. The Morgan fingerprint density at radius 3 is 2.94 bits per heavy atom. The third-order valence-corrected chi connectivity index (χ3v) is 6.16. The van der Waals surface area contributed by atoms with E-state index < -0.39 is 6.10 Å². The van der Waals surface area contributed by atoms with E-state index in [0.717, 1.165) is 34.7 Å². The third kappa shape index (κ3) is 5.08. The summed E-state index contributed by atoms with van der Waals surface area (Å²) in [6, 6.07) is 15.4. The van der Waals surface area contributed by atoms with Crippen molar-refractivity contribution in [2.75, 3.05) is 11.9 Å². The predicted molar refractivity (Wildman–Crippen MR) is 120 cm³/mol. The van der Waals surface area contributed by atoms with Crippen LogP contribution in [0.3, 0.4) is 0 Å². The van der Waals surface area contributed by atoms with E-state index in [9.17, 15) is 9.90 Å². The van der Waals surface area contributed by atoms with E-state index in [4.69, 9.17) is 5.26 Å². The van der Waals surface area contributed by atoms with Crippen molar-refractivity contribution >= 4 is 28.9 Å². The summed E-state index contributed by atoms with van der Waals surface area (Å²) in [4.78, 5) is 25.2. The van der Waals surface area contributed by atoms with E-state index >= 15 is 0 Å². The highest BCUT2D eigenvalue weighted by Crippen LogP contribution is 2.32. The number of amides is 1. The maximum absolute atomic E-state index is 12.9. The summed E-state index contributed by atoms with van der Waals surface area (Å²) in [6.45, 7) is 2.19. The smallest absolute Gasteiger partial charge is 0.264 e. The molecular formula is C23H23N5O2S. The van der Waals surface area contributed by atoms with Gasteiger partial charge in [-0.3, -0.25) is 4.79 Å². The Morgan fingerprint density at radius 2 is 2.19 bits per heavy atom. The van der Waals surface area contributed by atoms with Gasteiger partial charge in [-0.15, -0.1) is 11.3 Å². The zero-order valence-electron chi connectivity index (χ0n) is 17.2. The average Bonchev–Trinajstić information content (AvgIpc) is 3.49. The number of nitrogens with one attached hydrogen (secondary N) is 1. The van der Waals surface area contributed by atoms with Crippen LogP contribution in [0, 0.1) is 11.3 Å². The van der Waals surface area contributed by atoms with Gasteiger partial charge in [0.2, 0.25) is 5.95 Å². The molecule has 8 heteroatoms. The second-order valence-corrected chi connectivity index (χ2v) is 8.58. The lowest BCUT2D eigenvalue weighted by Crippen LogP contribution is -2.33. The van der Waals surface area contributed by atoms with Crippen molar-refractivity contribution in [1.82, 2.24) is 14.9 Å². The largest absolute Gasteiger partial charge is 0.389 e. The number of aliphatic hydroxyl groups is 1. The van der Waals surface area contributed by atoms with Crippen LogP contribution in [-0.4, -0.2) is 38.5 Å². The van der Waals surface area contributed by atoms with Gasteiger partial charge in [0.05, 0.1) is 34.0 Å². The maximum Gasteiger partial charge on any atom is 0.264 e. The zero-order chi connectivity index (χ0) is 21.8. The highest BCUT2D eigenvalue weighted by atomic mass is 32.1. The Hall–Kier alpha value is -3.28. The molecule has 1 unspecified atom stereocenters. The molecule has 0 radical (unpaired) electrons. The van der Waals surface area contributed by atoms with Crippen LogP contribution < -0.4 is 5.32 Å². The first kappa shape index (κ1) is 21.0. The summed E-state index contributed by atoms with van der Waals surface area (Å²) in [7, 11) is 0. The number of aliphatic hydroxyl groups excluding tert-OH is 1. The Labute approximate surface area is 185 Å². The molecule has 1 aromatic carbocycles. The molecule has 1 amide bonds. The molecule has 1 aliphatic carbocycles. The van der Waals surface area contributed by atoms with Crippen molar-refractivity contribution in [3.63, 3.8) is 0 Å². The third-order valence-electron chi connectivity index (χ3n) is 5.06. The fourth-order valence-corrected chi connectivity index (χ4v) is 4.23. The van der Waals surface area contributed by atoms with Crippen LogP contribution in [0.4, 0.5) is 11.6 Å². The van der Waals surface area contributed by atoms with Crippen molar-refractivity contribution in [3.05, 3.63) is 59.1 Å². The summed E-state index contributed by atoms with van der Waals surface area (Å²) < 4.78 is 0. The second kappa shape index (κ2) is 9.25. The predicted octanol–water partition coefficient (Wildman–Crippen LogP) is 4.52. The summed E-state index contributed by atoms with van der Waals surface area (Å²) in [5.74, 6) is 0.423. The number of thiophene rings is 1. The Kier molecular flexibility index (Phi) is 6.26. The van der Waals surface area contributed by atoms with Gasteiger partial charge in [0.1, 0.15) is 0 Å². The molecule has 2 aromatic heterocycles. The summed E-state index contributed by atoms with van der Waals surface area (Å²) in [5.41, 5.74) is 2.32. The van der Waals surface area contributed by atoms with E-state index in [2.05, 4.69) is 21.4 Å². The van der Waals surface area contributed by atoms with Gasteiger partial charge in [-0.2, -0.15) is 5.26 Å². The van der Waals surface area contributed by atoms with Gasteiger partial charge in [0.25, 0.3) is 5.91 Å². The van der Waals surface area contributed by atoms with E-state index in [0.29, 0.717) is 23.8 Å². The topological polar surface area (TPSA) is 102 Å². The molecule has 2 N–H and O–H groups in total. The van der Waals surface area contributed by atoms with Crippen molar-refractivity contribution in [1.29, 1.82) is 5.26 Å². The maximum atomic E-state index is 12.9. The number of nitriles is 1. The highest BCUT2D eigenvalue weighted by molar-refractivity contribution is 7.17. The Balaban J connectivity index is 1.51. The molecule has 158 valence electrons. The first-order valence-corrected chi connectivity index (χ1v) is 11.0. The van der Waals surface area contributed by atoms with Gasteiger partial charge in [0, 0.05) is 24.5 Å². The van der Waals surface area contributed by atoms with Crippen LogP contribution in [0.2, 0.25) is 0 Å². The average molecular weight is 434 g/mol. The number of nitrogens with zero attached hydrogens (tertiary/aromatic N) is 4. The van der Waals surface area contributed by atoms with Gasteiger partial charge in [-0.05, 0) is 55.7 Å². The van der Waals surface area contributed by atoms with Crippen LogP contribution in [0.15, 0.2) is 48.7 Å². The van der Waals surface area contributed by atoms with Crippen LogP contribution in [0.25, 0.3) is 10.6 Å². The normalized spacial score (nSPS) is 14.0. The minimum atomic E-state index is -0.556. The molecule has 0 spiro atoms. The minimum Gasteiger partial charge on any atom is -0.389 e. The molecular weight excluding hydrogens is 410 g/mol. The number of hydrogen-bond donors (Lipinski definition) is 2. The fourth-order valence-electron chi connectivity index (χ4n) is 3.30. The standard InChI is InChI=1S/C23H23N5O2S/c1-15(29)16-4-2-5-17(14-16)26-23-25-12-10-19(27-23)20-8-9-21(31-20)22(30)28(13-3-11-24)18-6-7-18/h2,4-5,8-10,12,14-15,18,29H,3,6-7,13H2,1H3,(H,25,26,27). The van der Waals surface area contributed by atoms with Crippen LogP contribution in [0.5, 0.6) is 0 Å². The van der Waals surface area contributed by atoms with Gasteiger partial charge >= 0.3 is 0 Å². The van der Waals surface area contributed by atoms with E-state index in [1.54, 1.807) is 13.1 Å². The van der Waals surface area contributed by atoms with Crippen molar-refractivity contribution in [2.24, 2.45) is 0 Å². The first-order valence-electron chi connectivity index (χ1n) is 10.2. The van der Waals surface area contributed by atoms with Gasteiger partial charge in [-0.25, -0.2) is 9.97 Å². The molecule has 7 nitrogen and oxygen atoms in total. The number of aromatic nitrogens is 2. The van der Waals surface area contributed by atoms with E-state index in [1.807, 2.05) is 47.4 Å². The lowest BCUT2D eigenvalue weighted by Gasteiger charge is -2.20. The molecule has 1 fully saturated rings. The molecule has 31 heavy (non-hydrogen) atoms. The number of carbonyl (C=O) groups is 1. The van der Waals surface area contributed by atoms with Gasteiger partial charge < -0.3 is 15.3 Å². The number of anilines is 2. The van der Waals surface area contributed by atoms with Crippen LogP contribution in [0.1, 0.15) is 47.5 Å². The molecule has 0 bridgehead atoms. The SMILES string of the molecule is CC(O)c1cccc(Nc2nccc(-c3ccc(C(=O)N(CCC#N)C4CC4)s3)n2)c1. The second-order valence-electron chi connectivity index (χ2n) is 7.49. The summed E-state index contributed by atoms with van der Waals surface area (Å²) in [5, 5.41) is 21.8. The lowest BCUT2D eigenvalue weighted by atomic mass is 10.1. The molecule has 2 heterocycles.